The van der Waals surface area contributed by atoms with Crippen LogP contribution < -0.4 is 5.32 Å². The molecule has 2 rings (SSSR count). The van der Waals surface area contributed by atoms with Crippen LogP contribution in [0.15, 0.2) is 0 Å². The summed E-state index contributed by atoms with van der Waals surface area (Å²) >= 11 is 0. The summed E-state index contributed by atoms with van der Waals surface area (Å²) in [6, 6.07) is 0.419. The van der Waals surface area contributed by atoms with Gasteiger partial charge in [0.05, 0.1) is 0 Å². The van der Waals surface area contributed by atoms with Gasteiger partial charge in [0, 0.05) is 6.04 Å². The van der Waals surface area contributed by atoms with Crippen LogP contribution in [0, 0.1) is 0 Å². The molecule has 0 aromatic rings. The third-order valence-electron chi connectivity index (χ3n) is 2.23. The van der Waals surface area contributed by atoms with Crippen molar-refractivity contribution < 1.29 is 9.53 Å². The molecular formula is C8H13NO2. The summed E-state index contributed by atoms with van der Waals surface area (Å²) in [5.41, 5.74) is 0. The van der Waals surface area contributed by atoms with Crippen molar-refractivity contribution >= 4 is 6.09 Å². The van der Waals surface area contributed by atoms with Crippen LogP contribution in [0.3, 0.4) is 0 Å². The van der Waals surface area contributed by atoms with Gasteiger partial charge in [-0.3, -0.25) is 0 Å². The fourth-order valence-corrected chi connectivity index (χ4v) is 1.07. The van der Waals surface area contributed by atoms with E-state index >= 15 is 0 Å². The van der Waals surface area contributed by atoms with Gasteiger partial charge in [0.2, 0.25) is 0 Å². The Morgan fingerprint density at radius 3 is 2.45 bits per heavy atom. The molecule has 2 fully saturated rings. The van der Waals surface area contributed by atoms with Crippen LogP contribution in [0.5, 0.6) is 0 Å². The Morgan fingerprint density at radius 1 is 1.27 bits per heavy atom. The van der Waals surface area contributed by atoms with Gasteiger partial charge in [-0.25, -0.2) is 4.79 Å². The van der Waals surface area contributed by atoms with Crippen molar-refractivity contribution in [2.75, 3.05) is 0 Å². The fourth-order valence-electron chi connectivity index (χ4n) is 1.07. The van der Waals surface area contributed by atoms with Gasteiger partial charge in [-0.15, -0.1) is 0 Å². The zero-order chi connectivity index (χ0) is 7.68. The molecule has 0 atom stereocenters. The summed E-state index contributed by atoms with van der Waals surface area (Å²) in [5.74, 6) is 0. The van der Waals surface area contributed by atoms with Crippen LogP contribution in [0.2, 0.25) is 0 Å². The van der Waals surface area contributed by atoms with Crippen molar-refractivity contribution in [3.05, 3.63) is 0 Å². The second-order valence-electron chi connectivity index (χ2n) is 3.38. The highest BCUT2D eigenvalue weighted by Crippen LogP contribution is 2.23. The highest BCUT2D eigenvalue weighted by molar-refractivity contribution is 5.68. The van der Waals surface area contributed by atoms with Gasteiger partial charge >= 0.3 is 6.09 Å². The monoisotopic (exact) mass is 155 g/mol. The van der Waals surface area contributed by atoms with Crippen molar-refractivity contribution in [3.63, 3.8) is 0 Å². The number of nitrogens with one attached hydrogen (secondary N) is 1. The molecule has 2 aliphatic rings. The molecule has 1 N–H and O–H groups in total. The van der Waals surface area contributed by atoms with Gasteiger partial charge in [0.25, 0.3) is 0 Å². The van der Waals surface area contributed by atoms with E-state index in [1.54, 1.807) is 0 Å². The topological polar surface area (TPSA) is 38.3 Å². The third-order valence-corrected chi connectivity index (χ3v) is 2.23. The minimum Gasteiger partial charge on any atom is -0.446 e. The van der Waals surface area contributed by atoms with E-state index in [9.17, 15) is 4.79 Å². The van der Waals surface area contributed by atoms with Crippen LogP contribution in [0.25, 0.3) is 0 Å². The Balaban J connectivity index is 1.63. The summed E-state index contributed by atoms with van der Waals surface area (Å²) in [6.07, 6.45) is 5.57. The molecular weight excluding hydrogens is 142 g/mol. The van der Waals surface area contributed by atoms with E-state index < -0.39 is 0 Å². The smallest absolute Gasteiger partial charge is 0.407 e. The van der Waals surface area contributed by atoms with E-state index in [1.165, 1.54) is 6.42 Å². The zero-order valence-electron chi connectivity index (χ0n) is 6.51. The first-order chi connectivity index (χ1) is 5.34. The average molecular weight is 155 g/mol. The molecule has 3 nitrogen and oxygen atoms in total. The molecule has 0 bridgehead atoms. The highest BCUT2D eigenvalue weighted by atomic mass is 16.6. The first-order valence-electron chi connectivity index (χ1n) is 4.32. The molecule has 0 saturated heterocycles. The first kappa shape index (κ1) is 6.95. The molecule has 0 aromatic carbocycles. The number of carbonyl (C=O) groups excluding carboxylic acids is 1. The predicted octanol–water partition coefficient (Wildman–Crippen LogP) is 1.43. The Kier molecular flexibility index (Phi) is 1.72. The van der Waals surface area contributed by atoms with Crippen molar-refractivity contribution in [2.24, 2.45) is 0 Å². The molecule has 0 radical (unpaired) electrons. The van der Waals surface area contributed by atoms with Crippen molar-refractivity contribution in [1.82, 2.24) is 5.32 Å². The highest BCUT2D eigenvalue weighted by Gasteiger charge is 2.27. The fraction of sp³-hybridized carbons (Fsp3) is 0.875. The molecule has 2 aliphatic carbocycles. The summed E-state index contributed by atoms with van der Waals surface area (Å²) < 4.78 is 5.09. The standard InChI is InChI=1S/C8H13NO2/c10-8(9-6-4-5-6)11-7-2-1-3-7/h6-7H,1-5H2,(H,9,10). The van der Waals surface area contributed by atoms with E-state index in [1.807, 2.05) is 0 Å². The Bertz CT molecular complexity index is 161. The lowest BCUT2D eigenvalue weighted by Gasteiger charge is -2.25. The third kappa shape index (κ3) is 1.85. The largest absolute Gasteiger partial charge is 0.446 e. The van der Waals surface area contributed by atoms with E-state index in [-0.39, 0.29) is 12.2 Å². The lowest BCUT2D eigenvalue weighted by Crippen LogP contribution is -2.33. The minimum absolute atomic E-state index is 0.211. The number of hydrogen-bond donors (Lipinski definition) is 1. The summed E-state index contributed by atoms with van der Waals surface area (Å²) in [6.45, 7) is 0. The summed E-state index contributed by atoms with van der Waals surface area (Å²) in [4.78, 5) is 11.0. The maximum Gasteiger partial charge on any atom is 0.407 e. The van der Waals surface area contributed by atoms with Gasteiger partial charge in [-0.2, -0.15) is 0 Å². The molecule has 0 aliphatic heterocycles. The Labute approximate surface area is 66.1 Å². The van der Waals surface area contributed by atoms with E-state index in [0.717, 1.165) is 25.7 Å². The van der Waals surface area contributed by atoms with Crippen LogP contribution in [0.1, 0.15) is 32.1 Å². The van der Waals surface area contributed by atoms with Crippen LogP contribution >= 0.6 is 0 Å². The molecule has 0 spiro atoms. The molecule has 3 heteroatoms. The van der Waals surface area contributed by atoms with Crippen LogP contribution in [-0.2, 0) is 4.74 Å². The van der Waals surface area contributed by atoms with Gasteiger partial charge in [-0.05, 0) is 32.1 Å². The van der Waals surface area contributed by atoms with Crippen molar-refractivity contribution in [1.29, 1.82) is 0 Å². The summed E-state index contributed by atoms with van der Waals surface area (Å²) in [7, 11) is 0. The van der Waals surface area contributed by atoms with Crippen LogP contribution in [-0.4, -0.2) is 18.2 Å². The molecule has 2 saturated carbocycles. The normalized spacial score (nSPS) is 24.0. The molecule has 0 heterocycles. The minimum atomic E-state index is -0.211. The summed E-state index contributed by atoms with van der Waals surface area (Å²) in [5, 5.41) is 2.79. The zero-order valence-corrected chi connectivity index (χ0v) is 6.51. The van der Waals surface area contributed by atoms with Crippen LogP contribution in [0.4, 0.5) is 4.79 Å². The SMILES string of the molecule is O=C(NC1CC1)OC1CCC1. The average Bonchev–Trinajstić information content (AvgIpc) is 2.62. The van der Waals surface area contributed by atoms with E-state index in [4.69, 9.17) is 4.74 Å². The maximum absolute atomic E-state index is 11.0. The predicted molar refractivity (Wildman–Crippen MR) is 40.3 cm³/mol. The number of alkyl carbamates (subject to hydrolysis) is 1. The number of carbonyl (C=O) groups is 1. The molecule has 11 heavy (non-hydrogen) atoms. The molecule has 0 aromatic heterocycles. The number of hydrogen-bond acceptors (Lipinski definition) is 2. The number of amides is 1. The molecule has 0 unspecified atom stereocenters. The van der Waals surface area contributed by atoms with Gasteiger partial charge in [0.15, 0.2) is 0 Å². The quantitative estimate of drug-likeness (QED) is 0.655. The Hall–Kier alpha value is -0.730. The lowest BCUT2D eigenvalue weighted by atomic mass is 9.96. The molecule has 62 valence electrons. The van der Waals surface area contributed by atoms with Crippen molar-refractivity contribution in [3.8, 4) is 0 Å². The van der Waals surface area contributed by atoms with Crippen molar-refractivity contribution in [2.45, 2.75) is 44.2 Å². The Morgan fingerprint density at radius 2 is 2.00 bits per heavy atom. The van der Waals surface area contributed by atoms with Gasteiger partial charge < -0.3 is 10.1 Å². The van der Waals surface area contributed by atoms with Gasteiger partial charge in [0.1, 0.15) is 6.10 Å². The number of ether oxygens (including phenoxy) is 1. The van der Waals surface area contributed by atoms with Gasteiger partial charge in [-0.1, -0.05) is 0 Å². The second-order valence-corrected chi connectivity index (χ2v) is 3.38. The van der Waals surface area contributed by atoms with E-state index in [2.05, 4.69) is 5.32 Å². The number of rotatable bonds is 2. The molecule has 1 amide bonds. The maximum atomic E-state index is 11.0. The lowest BCUT2D eigenvalue weighted by molar-refractivity contribution is 0.0522. The van der Waals surface area contributed by atoms with E-state index in [0.29, 0.717) is 6.04 Å². The second kappa shape index (κ2) is 2.72. The first-order valence-corrected chi connectivity index (χ1v) is 4.32.